The Bertz CT molecular complexity index is 143. The van der Waals surface area contributed by atoms with Crippen LogP contribution < -0.4 is 5.32 Å². The van der Waals surface area contributed by atoms with Gasteiger partial charge in [0.05, 0.1) is 6.67 Å². The van der Waals surface area contributed by atoms with Crippen molar-refractivity contribution in [2.24, 2.45) is 0 Å². The zero-order chi connectivity index (χ0) is 6.55. The van der Waals surface area contributed by atoms with Crippen molar-refractivity contribution in [1.82, 2.24) is 15.1 Å². The van der Waals surface area contributed by atoms with Crippen LogP contribution in [0, 0.1) is 0 Å². The molecule has 0 aromatic rings. The van der Waals surface area contributed by atoms with Crippen LogP contribution in [0.3, 0.4) is 0 Å². The van der Waals surface area contributed by atoms with Crippen LogP contribution in [0.25, 0.3) is 0 Å². The standard InChI is InChI=1S/C7H13N3/c1-2-10-5-9(1)6-3-8-4-7(6)10/h6-8H,1-5H2. The Morgan fingerprint density at radius 1 is 1.00 bits per heavy atom. The van der Waals surface area contributed by atoms with Gasteiger partial charge in [-0.25, -0.2) is 0 Å². The molecule has 0 radical (unpaired) electrons. The van der Waals surface area contributed by atoms with Crippen molar-refractivity contribution in [2.45, 2.75) is 12.1 Å². The molecule has 2 bridgehead atoms. The minimum atomic E-state index is 0.855. The van der Waals surface area contributed by atoms with Crippen LogP contribution in [0.15, 0.2) is 0 Å². The number of hydrogen-bond donors (Lipinski definition) is 1. The zero-order valence-corrected chi connectivity index (χ0v) is 6.08. The predicted molar refractivity (Wildman–Crippen MR) is 38.7 cm³/mol. The van der Waals surface area contributed by atoms with Crippen molar-refractivity contribution >= 4 is 0 Å². The second kappa shape index (κ2) is 1.72. The van der Waals surface area contributed by atoms with E-state index in [2.05, 4.69) is 15.1 Å². The van der Waals surface area contributed by atoms with Gasteiger partial charge in [-0.2, -0.15) is 0 Å². The van der Waals surface area contributed by atoms with E-state index in [4.69, 9.17) is 0 Å². The van der Waals surface area contributed by atoms with Gasteiger partial charge in [0.1, 0.15) is 0 Å². The van der Waals surface area contributed by atoms with Gasteiger partial charge in [-0.1, -0.05) is 0 Å². The molecular formula is C7H13N3. The van der Waals surface area contributed by atoms with Crippen molar-refractivity contribution in [1.29, 1.82) is 0 Å². The number of fused-ring (bicyclic) bond motifs is 5. The SMILES string of the molecule is C1NCC2C1N1CCN2C1. The first-order chi connectivity index (χ1) is 4.95. The minimum absolute atomic E-state index is 0.855. The molecule has 0 spiro atoms. The lowest BCUT2D eigenvalue weighted by molar-refractivity contribution is 0.251. The predicted octanol–water partition coefficient (Wildman–Crippen LogP) is -1.08. The third-order valence-electron chi connectivity index (χ3n) is 3.13. The summed E-state index contributed by atoms with van der Waals surface area (Å²) < 4.78 is 0. The van der Waals surface area contributed by atoms with Crippen molar-refractivity contribution < 1.29 is 0 Å². The summed E-state index contributed by atoms with van der Waals surface area (Å²) in [6, 6.07) is 1.71. The number of rotatable bonds is 0. The third-order valence-corrected chi connectivity index (χ3v) is 3.13. The molecule has 1 N–H and O–H groups in total. The highest BCUT2D eigenvalue weighted by Crippen LogP contribution is 2.27. The molecule has 3 saturated heterocycles. The average Bonchev–Trinajstić information content (AvgIpc) is 2.60. The lowest BCUT2D eigenvalue weighted by Gasteiger charge is -2.25. The lowest BCUT2D eigenvalue weighted by atomic mass is 10.1. The van der Waals surface area contributed by atoms with Crippen LogP contribution >= 0.6 is 0 Å². The molecule has 0 amide bonds. The second-order valence-corrected chi connectivity index (χ2v) is 3.56. The van der Waals surface area contributed by atoms with E-state index in [-0.39, 0.29) is 0 Å². The van der Waals surface area contributed by atoms with E-state index in [1.807, 2.05) is 0 Å². The van der Waals surface area contributed by atoms with Crippen LogP contribution in [0.4, 0.5) is 0 Å². The molecule has 0 aromatic carbocycles. The first-order valence-electron chi connectivity index (χ1n) is 4.14. The lowest BCUT2D eigenvalue weighted by Crippen LogP contribution is -2.43. The number of piperazine rings is 1. The minimum Gasteiger partial charge on any atom is -0.313 e. The molecule has 3 nitrogen and oxygen atoms in total. The third kappa shape index (κ3) is 0.516. The summed E-state index contributed by atoms with van der Waals surface area (Å²) in [6.07, 6.45) is 0. The highest BCUT2D eigenvalue weighted by Gasteiger charge is 2.46. The summed E-state index contributed by atoms with van der Waals surface area (Å²) in [4.78, 5) is 5.20. The Balaban J connectivity index is 1.92. The number of hydrogen-bond acceptors (Lipinski definition) is 3. The molecule has 3 heterocycles. The Hall–Kier alpha value is -0.120. The molecule has 3 aliphatic rings. The fraction of sp³-hybridized carbons (Fsp3) is 1.00. The largest absolute Gasteiger partial charge is 0.313 e. The number of nitrogens with one attached hydrogen (secondary N) is 1. The van der Waals surface area contributed by atoms with Gasteiger partial charge in [0, 0.05) is 38.3 Å². The Morgan fingerprint density at radius 3 is 2.20 bits per heavy atom. The van der Waals surface area contributed by atoms with E-state index in [1.54, 1.807) is 0 Å². The van der Waals surface area contributed by atoms with Crippen LogP contribution in [0.1, 0.15) is 0 Å². The van der Waals surface area contributed by atoms with E-state index < -0.39 is 0 Å². The molecule has 10 heavy (non-hydrogen) atoms. The smallest absolute Gasteiger partial charge is 0.0515 e. The molecule has 0 aromatic heterocycles. The van der Waals surface area contributed by atoms with Crippen molar-refractivity contribution in [3.8, 4) is 0 Å². The van der Waals surface area contributed by atoms with Gasteiger partial charge < -0.3 is 5.32 Å². The molecule has 3 rings (SSSR count). The van der Waals surface area contributed by atoms with Gasteiger partial charge in [0.25, 0.3) is 0 Å². The van der Waals surface area contributed by atoms with Crippen molar-refractivity contribution in [3.63, 3.8) is 0 Å². The summed E-state index contributed by atoms with van der Waals surface area (Å²) in [6.45, 7) is 6.31. The normalized spacial score (nSPS) is 57.6. The van der Waals surface area contributed by atoms with Gasteiger partial charge in [-0.3, -0.25) is 9.80 Å². The van der Waals surface area contributed by atoms with Gasteiger partial charge in [-0.05, 0) is 0 Å². The fourth-order valence-corrected chi connectivity index (χ4v) is 2.57. The molecule has 3 aliphatic heterocycles. The highest BCUT2D eigenvalue weighted by molar-refractivity contribution is 5.03. The molecule has 4 atom stereocenters. The zero-order valence-electron chi connectivity index (χ0n) is 6.08. The molecule has 4 unspecified atom stereocenters. The van der Waals surface area contributed by atoms with Crippen LogP contribution in [-0.2, 0) is 0 Å². The summed E-state index contributed by atoms with van der Waals surface area (Å²) in [7, 11) is 0. The maximum atomic E-state index is 3.44. The first-order valence-corrected chi connectivity index (χ1v) is 4.14. The van der Waals surface area contributed by atoms with Crippen LogP contribution in [0.2, 0.25) is 0 Å². The summed E-state index contributed by atoms with van der Waals surface area (Å²) in [5.74, 6) is 0. The summed E-state index contributed by atoms with van der Waals surface area (Å²) >= 11 is 0. The van der Waals surface area contributed by atoms with E-state index in [1.165, 1.54) is 32.8 Å². The van der Waals surface area contributed by atoms with Gasteiger partial charge in [0.15, 0.2) is 0 Å². The molecule has 56 valence electrons. The summed E-state index contributed by atoms with van der Waals surface area (Å²) in [5.41, 5.74) is 0. The Labute approximate surface area is 61.0 Å². The highest BCUT2D eigenvalue weighted by atomic mass is 15.5. The van der Waals surface area contributed by atoms with E-state index in [0.29, 0.717) is 0 Å². The first kappa shape index (κ1) is 5.52. The van der Waals surface area contributed by atoms with E-state index in [0.717, 1.165) is 12.1 Å². The quantitative estimate of drug-likeness (QED) is 0.460. The summed E-state index contributed by atoms with van der Waals surface area (Å²) in [5, 5.41) is 3.44. The molecule has 0 aliphatic carbocycles. The van der Waals surface area contributed by atoms with Crippen LogP contribution in [0.5, 0.6) is 0 Å². The van der Waals surface area contributed by atoms with Gasteiger partial charge in [-0.15, -0.1) is 0 Å². The molecular weight excluding hydrogens is 126 g/mol. The van der Waals surface area contributed by atoms with Gasteiger partial charge in [0.2, 0.25) is 0 Å². The van der Waals surface area contributed by atoms with Gasteiger partial charge >= 0.3 is 0 Å². The maximum Gasteiger partial charge on any atom is 0.0515 e. The van der Waals surface area contributed by atoms with Crippen LogP contribution in [-0.4, -0.2) is 54.7 Å². The second-order valence-electron chi connectivity index (χ2n) is 3.56. The topological polar surface area (TPSA) is 18.5 Å². The monoisotopic (exact) mass is 139 g/mol. The van der Waals surface area contributed by atoms with Crippen molar-refractivity contribution in [2.75, 3.05) is 32.8 Å². The Kier molecular flexibility index (Phi) is 0.952. The molecule has 3 fully saturated rings. The fourth-order valence-electron chi connectivity index (χ4n) is 2.57. The molecule has 3 heteroatoms. The van der Waals surface area contributed by atoms with E-state index in [9.17, 15) is 0 Å². The van der Waals surface area contributed by atoms with Crippen molar-refractivity contribution in [3.05, 3.63) is 0 Å². The maximum absolute atomic E-state index is 3.44. The Morgan fingerprint density at radius 2 is 1.60 bits per heavy atom. The number of nitrogens with zero attached hydrogens (tertiary/aromatic N) is 2. The van der Waals surface area contributed by atoms with E-state index >= 15 is 0 Å². The molecule has 0 saturated carbocycles. The average molecular weight is 139 g/mol.